The highest BCUT2D eigenvalue weighted by Crippen LogP contribution is 2.26. The molecule has 0 bridgehead atoms. The molecule has 1 fully saturated rings. The Morgan fingerprint density at radius 2 is 2.06 bits per heavy atom. The minimum Gasteiger partial charge on any atom is -0.355 e. The number of nitrogens with zero attached hydrogens (tertiary/aromatic N) is 1. The summed E-state index contributed by atoms with van der Waals surface area (Å²) in [6.07, 6.45) is 3.99. The highest BCUT2D eigenvalue weighted by molar-refractivity contribution is 5.76. The zero-order valence-corrected chi connectivity index (χ0v) is 11.2. The molecule has 1 aliphatic rings. The molecule has 0 aromatic rings. The number of hydrogen-bond acceptors (Lipinski definition) is 3. The van der Waals surface area contributed by atoms with Crippen LogP contribution in [0, 0.1) is 5.92 Å². The maximum atomic E-state index is 11.7. The Balaban J connectivity index is 2.12. The lowest BCUT2D eigenvalue weighted by Crippen LogP contribution is -2.36. The number of nitrogens with two attached hydrogens (primary N) is 1. The van der Waals surface area contributed by atoms with Crippen molar-refractivity contribution < 1.29 is 4.79 Å². The maximum absolute atomic E-state index is 11.7. The molecule has 100 valence electrons. The fourth-order valence-electron chi connectivity index (χ4n) is 2.52. The monoisotopic (exact) mass is 241 g/mol. The van der Waals surface area contributed by atoms with Crippen LogP contribution < -0.4 is 11.1 Å². The first kappa shape index (κ1) is 14.5. The van der Waals surface area contributed by atoms with Gasteiger partial charge in [0.1, 0.15) is 0 Å². The first-order chi connectivity index (χ1) is 8.17. The minimum atomic E-state index is 0.166. The summed E-state index contributed by atoms with van der Waals surface area (Å²) in [5.74, 6) is 0.572. The van der Waals surface area contributed by atoms with Crippen LogP contribution in [0.1, 0.15) is 39.5 Å². The Morgan fingerprint density at radius 3 is 2.59 bits per heavy atom. The fourth-order valence-corrected chi connectivity index (χ4v) is 2.52. The molecule has 1 saturated carbocycles. The largest absolute Gasteiger partial charge is 0.355 e. The summed E-state index contributed by atoms with van der Waals surface area (Å²) in [4.78, 5) is 14.0. The minimum absolute atomic E-state index is 0.166. The van der Waals surface area contributed by atoms with Gasteiger partial charge in [-0.15, -0.1) is 0 Å². The van der Waals surface area contributed by atoms with Crippen LogP contribution in [0.5, 0.6) is 0 Å². The lowest BCUT2D eigenvalue weighted by Gasteiger charge is -2.19. The molecule has 0 aliphatic heterocycles. The van der Waals surface area contributed by atoms with E-state index in [4.69, 9.17) is 5.73 Å². The molecule has 0 heterocycles. The van der Waals surface area contributed by atoms with Crippen molar-refractivity contribution in [3.05, 3.63) is 0 Å². The van der Waals surface area contributed by atoms with Crippen LogP contribution in [-0.4, -0.2) is 43.0 Å². The number of nitrogens with one attached hydrogen (secondary N) is 1. The second-order valence-corrected chi connectivity index (χ2v) is 4.94. The average Bonchev–Trinajstić information content (AvgIpc) is 2.71. The van der Waals surface area contributed by atoms with E-state index < -0.39 is 0 Å². The third kappa shape index (κ3) is 5.04. The molecule has 17 heavy (non-hydrogen) atoms. The Bertz CT molecular complexity index is 229. The van der Waals surface area contributed by atoms with Crippen molar-refractivity contribution >= 4 is 5.91 Å². The number of amides is 1. The lowest BCUT2D eigenvalue weighted by molar-refractivity contribution is -0.122. The molecule has 0 unspecified atom stereocenters. The van der Waals surface area contributed by atoms with Gasteiger partial charge >= 0.3 is 0 Å². The van der Waals surface area contributed by atoms with Gasteiger partial charge in [0.15, 0.2) is 0 Å². The molecule has 2 atom stereocenters. The zero-order chi connectivity index (χ0) is 12.7. The predicted molar refractivity (Wildman–Crippen MR) is 70.7 cm³/mol. The molecule has 0 saturated heterocycles. The van der Waals surface area contributed by atoms with Crippen molar-refractivity contribution in [1.82, 2.24) is 10.2 Å². The topological polar surface area (TPSA) is 58.4 Å². The molecule has 0 aromatic carbocycles. The van der Waals surface area contributed by atoms with Crippen LogP contribution in [-0.2, 0) is 4.79 Å². The summed E-state index contributed by atoms with van der Waals surface area (Å²) in [6, 6.07) is 0.239. The van der Waals surface area contributed by atoms with Crippen molar-refractivity contribution in [2.75, 3.05) is 26.2 Å². The van der Waals surface area contributed by atoms with Crippen LogP contribution >= 0.6 is 0 Å². The lowest BCUT2D eigenvalue weighted by atomic mass is 10.00. The smallest absolute Gasteiger partial charge is 0.220 e. The van der Waals surface area contributed by atoms with E-state index in [1.54, 1.807) is 0 Å². The van der Waals surface area contributed by atoms with Gasteiger partial charge in [0.2, 0.25) is 5.91 Å². The van der Waals surface area contributed by atoms with Gasteiger partial charge in [0, 0.05) is 25.6 Å². The highest BCUT2D eigenvalue weighted by atomic mass is 16.1. The molecule has 0 aromatic heterocycles. The van der Waals surface area contributed by atoms with Crippen LogP contribution in [0.25, 0.3) is 0 Å². The van der Waals surface area contributed by atoms with Crippen molar-refractivity contribution in [2.24, 2.45) is 11.7 Å². The molecule has 0 spiro atoms. The van der Waals surface area contributed by atoms with Gasteiger partial charge in [-0.1, -0.05) is 20.3 Å². The molecule has 1 rings (SSSR count). The molecule has 1 amide bonds. The molecule has 3 N–H and O–H groups in total. The number of carbonyl (C=O) groups excluding carboxylic acids is 1. The van der Waals surface area contributed by atoms with E-state index in [2.05, 4.69) is 24.1 Å². The standard InChI is InChI=1S/C13H27N3O/c1-3-16(4-2)9-8-15-13(17)10-11-6-5-7-12(11)14/h11-12H,3-10,14H2,1-2H3,(H,15,17)/t11-,12+/m0/s1. The first-order valence-corrected chi connectivity index (χ1v) is 6.92. The second-order valence-electron chi connectivity index (χ2n) is 4.94. The van der Waals surface area contributed by atoms with Crippen molar-refractivity contribution in [3.63, 3.8) is 0 Å². The van der Waals surface area contributed by atoms with Gasteiger partial charge in [-0.05, 0) is 31.8 Å². The third-order valence-electron chi connectivity index (χ3n) is 3.81. The summed E-state index contributed by atoms with van der Waals surface area (Å²) in [5, 5.41) is 2.99. The second kappa shape index (κ2) is 7.67. The van der Waals surface area contributed by atoms with Gasteiger partial charge in [-0.25, -0.2) is 0 Å². The van der Waals surface area contributed by atoms with Crippen molar-refractivity contribution in [1.29, 1.82) is 0 Å². The van der Waals surface area contributed by atoms with E-state index in [0.717, 1.165) is 39.0 Å². The third-order valence-corrected chi connectivity index (χ3v) is 3.81. The van der Waals surface area contributed by atoms with E-state index in [0.29, 0.717) is 12.3 Å². The summed E-state index contributed by atoms with van der Waals surface area (Å²) >= 11 is 0. The Kier molecular flexibility index (Phi) is 6.52. The normalized spacial score (nSPS) is 24.2. The van der Waals surface area contributed by atoms with Gasteiger partial charge in [0.25, 0.3) is 0 Å². The van der Waals surface area contributed by atoms with E-state index in [1.165, 1.54) is 6.42 Å². The van der Waals surface area contributed by atoms with Gasteiger partial charge < -0.3 is 16.0 Å². The zero-order valence-electron chi connectivity index (χ0n) is 11.2. The Morgan fingerprint density at radius 1 is 1.35 bits per heavy atom. The average molecular weight is 241 g/mol. The SMILES string of the molecule is CCN(CC)CCNC(=O)C[C@@H]1CCC[C@H]1N. The van der Waals surface area contributed by atoms with Gasteiger partial charge in [-0.3, -0.25) is 4.79 Å². The van der Waals surface area contributed by atoms with E-state index in [-0.39, 0.29) is 11.9 Å². The summed E-state index contributed by atoms with van der Waals surface area (Å²) in [5.41, 5.74) is 5.96. The van der Waals surface area contributed by atoms with Crippen LogP contribution in [0.15, 0.2) is 0 Å². The van der Waals surface area contributed by atoms with Crippen LogP contribution in [0.4, 0.5) is 0 Å². The van der Waals surface area contributed by atoms with E-state index in [1.807, 2.05) is 0 Å². The molecular formula is C13H27N3O. The number of rotatable bonds is 7. The number of likely N-dealkylation sites (N-methyl/N-ethyl adjacent to an activating group) is 1. The summed E-state index contributed by atoms with van der Waals surface area (Å²) in [6.45, 7) is 8.06. The molecular weight excluding hydrogens is 214 g/mol. The molecule has 4 nitrogen and oxygen atoms in total. The molecule has 0 radical (unpaired) electrons. The highest BCUT2D eigenvalue weighted by Gasteiger charge is 2.25. The predicted octanol–water partition coefficient (Wildman–Crippen LogP) is 0.962. The Labute approximate surface area is 105 Å². The summed E-state index contributed by atoms with van der Waals surface area (Å²) < 4.78 is 0. The number of hydrogen-bond donors (Lipinski definition) is 2. The Hall–Kier alpha value is -0.610. The maximum Gasteiger partial charge on any atom is 0.220 e. The van der Waals surface area contributed by atoms with Crippen LogP contribution in [0.2, 0.25) is 0 Å². The number of carbonyl (C=O) groups is 1. The summed E-state index contributed by atoms with van der Waals surface area (Å²) in [7, 11) is 0. The van der Waals surface area contributed by atoms with Crippen molar-refractivity contribution in [3.8, 4) is 0 Å². The molecule has 1 aliphatic carbocycles. The van der Waals surface area contributed by atoms with Crippen LogP contribution in [0.3, 0.4) is 0 Å². The first-order valence-electron chi connectivity index (χ1n) is 6.92. The molecule has 4 heteroatoms. The quantitative estimate of drug-likeness (QED) is 0.698. The van der Waals surface area contributed by atoms with E-state index >= 15 is 0 Å². The van der Waals surface area contributed by atoms with E-state index in [9.17, 15) is 4.79 Å². The van der Waals surface area contributed by atoms with Gasteiger partial charge in [-0.2, -0.15) is 0 Å². The van der Waals surface area contributed by atoms with Crippen molar-refractivity contribution in [2.45, 2.75) is 45.6 Å². The van der Waals surface area contributed by atoms with Gasteiger partial charge in [0.05, 0.1) is 0 Å². The fraction of sp³-hybridized carbons (Fsp3) is 0.923.